The van der Waals surface area contributed by atoms with E-state index in [1.807, 2.05) is 60.9 Å². The Hall–Kier alpha value is -3.74. The van der Waals surface area contributed by atoms with Crippen LogP contribution >= 0.6 is 11.3 Å². The molecule has 0 aliphatic heterocycles. The molecule has 5 nitrogen and oxygen atoms in total. The first-order valence-electron chi connectivity index (χ1n) is 12.1. The minimum atomic E-state index is 0. The zero-order chi connectivity index (χ0) is 24.7. The van der Waals surface area contributed by atoms with E-state index < -0.39 is 0 Å². The molecule has 0 amide bonds. The number of halogens is 1. The van der Waals surface area contributed by atoms with Crippen LogP contribution in [0.25, 0.3) is 10.6 Å². The Morgan fingerprint density at radius 2 is 1.54 bits per heavy atom. The molecule has 0 bridgehead atoms. The van der Waals surface area contributed by atoms with Gasteiger partial charge in [-0.1, -0.05) is 78.1 Å². The van der Waals surface area contributed by atoms with Gasteiger partial charge >= 0.3 is 0 Å². The third-order valence-corrected chi connectivity index (χ3v) is 7.37. The van der Waals surface area contributed by atoms with Crippen LogP contribution in [-0.4, -0.2) is 16.6 Å². The van der Waals surface area contributed by atoms with Crippen LogP contribution in [0.1, 0.15) is 27.5 Å². The van der Waals surface area contributed by atoms with Crippen LogP contribution in [0.4, 0.5) is 5.82 Å². The summed E-state index contributed by atoms with van der Waals surface area (Å²) in [6.07, 6.45) is 3.48. The molecule has 2 heterocycles. The summed E-state index contributed by atoms with van der Waals surface area (Å²) in [5.41, 5.74) is 11.0. The molecule has 2 aromatic heterocycles. The number of nitrogens with zero attached hydrogens (tertiary/aromatic N) is 3. The second-order valence-corrected chi connectivity index (χ2v) is 9.71. The number of aryl methyl sites for hydroxylation is 1. The Labute approximate surface area is 228 Å². The summed E-state index contributed by atoms with van der Waals surface area (Å²) in [7, 11) is 0. The molecule has 0 radical (unpaired) electrons. The SMILES string of the molecule is Cc1ncc(C[n+]2c(-c3ccccc3)sc(CCOc3ccccc3)c2Cc2ccccc2)c(N)n1.[Cl-]. The highest BCUT2D eigenvalue weighted by molar-refractivity contribution is 7.14. The summed E-state index contributed by atoms with van der Waals surface area (Å²) in [5.74, 6) is 2.09. The van der Waals surface area contributed by atoms with Crippen LogP contribution in [0, 0.1) is 6.92 Å². The Morgan fingerprint density at radius 1 is 0.892 bits per heavy atom. The predicted molar refractivity (Wildman–Crippen MR) is 145 cm³/mol. The first kappa shape index (κ1) is 26.3. The molecular weight excluding hydrogens is 500 g/mol. The van der Waals surface area contributed by atoms with Gasteiger partial charge in [0.1, 0.15) is 17.4 Å². The number of hydrogen-bond donors (Lipinski definition) is 1. The summed E-state index contributed by atoms with van der Waals surface area (Å²) in [6.45, 7) is 3.07. The van der Waals surface area contributed by atoms with Crippen LogP contribution < -0.4 is 27.4 Å². The number of anilines is 1. The average Bonchev–Trinajstić information content (AvgIpc) is 3.24. The summed E-state index contributed by atoms with van der Waals surface area (Å²) in [4.78, 5) is 10.1. The first-order valence-corrected chi connectivity index (χ1v) is 12.9. The van der Waals surface area contributed by atoms with Gasteiger partial charge in [-0.3, -0.25) is 0 Å². The van der Waals surface area contributed by atoms with Crippen molar-refractivity contribution in [3.63, 3.8) is 0 Å². The van der Waals surface area contributed by atoms with E-state index in [-0.39, 0.29) is 12.4 Å². The molecule has 37 heavy (non-hydrogen) atoms. The average molecular weight is 529 g/mol. The molecule has 0 saturated heterocycles. The molecule has 0 saturated carbocycles. The van der Waals surface area contributed by atoms with E-state index >= 15 is 0 Å². The molecule has 5 aromatic rings. The standard InChI is InChI=1S/C30H29N4OS.ClH/c1-22-32-20-25(29(31)33-22)21-34-27(19-23-11-5-2-6-12-23)28(17-18-35-26-15-9-4-10-16-26)36-30(34)24-13-7-3-8-14-24;/h2-16,20H,17-19,21H2,1H3,(H2,31,32,33);1H/q+1;/p-1. The molecule has 5 rings (SSSR count). The fourth-order valence-electron chi connectivity index (χ4n) is 4.23. The maximum atomic E-state index is 6.33. The van der Waals surface area contributed by atoms with Gasteiger partial charge in [-0.2, -0.15) is 4.57 Å². The van der Waals surface area contributed by atoms with Gasteiger partial charge < -0.3 is 22.9 Å². The van der Waals surface area contributed by atoms with Crippen molar-refractivity contribution in [1.82, 2.24) is 9.97 Å². The lowest BCUT2D eigenvalue weighted by Crippen LogP contribution is -3.00. The van der Waals surface area contributed by atoms with Crippen LogP contribution in [0.5, 0.6) is 5.75 Å². The number of para-hydroxylation sites is 1. The van der Waals surface area contributed by atoms with Crippen molar-refractivity contribution >= 4 is 17.2 Å². The molecular formula is C30H29ClN4OS. The first-order chi connectivity index (χ1) is 17.7. The monoisotopic (exact) mass is 528 g/mol. The van der Waals surface area contributed by atoms with E-state index in [2.05, 4.69) is 69.1 Å². The zero-order valence-corrected chi connectivity index (χ0v) is 22.3. The van der Waals surface area contributed by atoms with Crippen molar-refractivity contribution in [3.8, 4) is 16.3 Å². The van der Waals surface area contributed by atoms with Gasteiger partial charge in [0.05, 0.1) is 29.0 Å². The molecule has 0 aliphatic rings. The summed E-state index contributed by atoms with van der Waals surface area (Å²) in [5, 5.41) is 1.19. The zero-order valence-electron chi connectivity index (χ0n) is 20.7. The van der Waals surface area contributed by atoms with Crippen molar-refractivity contribution in [2.24, 2.45) is 0 Å². The maximum Gasteiger partial charge on any atom is 0.269 e. The number of nitrogen functional groups attached to an aromatic ring is 1. The Morgan fingerprint density at radius 3 is 2.22 bits per heavy atom. The van der Waals surface area contributed by atoms with Gasteiger partial charge in [-0.05, 0) is 36.8 Å². The molecule has 7 heteroatoms. The summed E-state index contributed by atoms with van der Waals surface area (Å²) < 4.78 is 8.46. The fourth-order valence-corrected chi connectivity index (χ4v) is 5.49. The van der Waals surface area contributed by atoms with E-state index in [0.717, 1.165) is 24.2 Å². The minimum absolute atomic E-state index is 0. The molecule has 3 aromatic carbocycles. The van der Waals surface area contributed by atoms with Crippen molar-refractivity contribution in [3.05, 3.63) is 125 Å². The van der Waals surface area contributed by atoms with Gasteiger partial charge in [0.25, 0.3) is 5.01 Å². The van der Waals surface area contributed by atoms with Crippen molar-refractivity contribution in [1.29, 1.82) is 0 Å². The lowest BCUT2D eigenvalue weighted by atomic mass is 10.1. The lowest BCUT2D eigenvalue weighted by molar-refractivity contribution is -0.680. The normalized spacial score (nSPS) is 10.6. The fraction of sp³-hybridized carbons (Fsp3) is 0.167. The Kier molecular flexibility index (Phi) is 8.88. The molecule has 0 unspecified atom stereocenters. The topological polar surface area (TPSA) is 64.9 Å². The van der Waals surface area contributed by atoms with Gasteiger partial charge in [0.15, 0.2) is 6.54 Å². The van der Waals surface area contributed by atoms with Crippen molar-refractivity contribution in [2.45, 2.75) is 26.3 Å². The molecule has 188 valence electrons. The number of aromatic nitrogens is 3. The number of hydrogen-bond acceptors (Lipinski definition) is 5. The number of thiazole rings is 1. The molecule has 0 atom stereocenters. The second-order valence-electron chi connectivity index (χ2n) is 8.63. The molecule has 0 aliphatic carbocycles. The van der Waals surface area contributed by atoms with Gasteiger partial charge in [0, 0.05) is 12.6 Å². The highest BCUT2D eigenvalue weighted by Gasteiger charge is 2.28. The number of ether oxygens (including phenoxy) is 1. The van der Waals surface area contributed by atoms with Gasteiger partial charge in [-0.25, -0.2) is 9.97 Å². The van der Waals surface area contributed by atoms with E-state index in [0.29, 0.717) is 24.8 Å². The van der Waals surface area contributed by atoms with E-state index in [9.17, 15) is 0 Å². The van der Waals surface area contributed by atoms with Crippen LogP contribution in [-0.2, 0) is 19.4 Å². The van der Waals surface area contributed by atoms with E-state index in [4.69, 9.17) is 10.5 Å². The maximum absolute atomic E-state index is 6.33. The van der Waals surface area contributed by atoms with Crippen LogP contribution in [0.3, 0.4) is 0 Å². The quantitative estimate of drug-likeness (QED) is 0.299. The minimum Gasteiger partial charge on any atom is -1.00 e. The number of nitrogens with two attached hydrogens (primary N) is 1. The Balaban J connectivity index is 0.00000320. The Bertz CT molecular complexity index is 1430. The van der Waals surface area contributed by atoms with Gasteiger partial charge in [-0.15, -0.1) is 0 Å². The van der Waals surface area contributed by atoms with Crippen molar-refractivity contribution in [2.75, 3.05) is 12.3 Å². The largest absolute Gasteiger partial charge is 1.00 e. The molecule has 0 spiro atoms. The molecule has 2 N–H and O–H groups in total. The van der Waals surface area contributed by atoms with Crippen LogP contribution in [0.15, 0.2) is 97.2 Å². The van der Waals surface area contributed by atoms with E-state index in [1.54, 1.807) is 0 Å². The highest BCUT2D eigenvalue weighted by atomic mass is 35.5. The lowest BCUT2D eigenvalue weighted by Gasteiger charge is -2.08. The van der Waals surface area contributed by atoms with Crippen molar-refractivity contribution < 1.29 is 21.7 Å². The number of benzene rings is 3. The van der Waals surface area contributed by atoms with Gasteiger partial charge in [0.2, 0.25) is 5.69 Å². The highest BCUT2D eigenvalue weighted by Crippen LogP contribution is 2.29. The van der Waals surface area contributed by atoms with E-state index in [1.165, 1.54) is 26.7 Å². The molecule has 0 fully saturated rings. The summed E-state index contributed by atoms with van der Waals surface area (Å²) >= 11 is 1.82. The second kappa shape index (κ2) is 12.5. The van der Waals surface area contributed by atoms with Crippen LogP contribution in [0.2, 0.25) is 0 Å². The number of rotatable bonds is 9. The smallest absolute Gasteiger partial charge is 0.269 e. The predicted octanol–water partition coefficient (Wildman–Crippen LogP) is 2.65. The summed E-state index contributed by atoms with van der Waals surface area (Å²) in [6, 6.07) is 31.1. The third kappa shape index (κ3) is 6.53. The third-order valence-electron chi connectivity index (χ3n) is 6.04.